The summed E-state index contributed by atoms with van der Waals surface area (Å²) in [6, 6.07) is 17.1. The van der Waals surface area contributed by atoms with Crippen LogP contribution in [0.5, 0.6) is 5.75 Å². The first kappa shape index (κ1) is 26.2. The van der Waals surface area contributed by atoms with Crippen LogP contribution < -0.4 is 15.6 Å². The fraction of sp³-hybridized carbons (Fsp3) is 0.286. The van der Waals surface area contributed by atoms with Crippen molar-refractivity contribution in [3.05, 3.63) is 99.4 Å². The number of hydrogen-bond acceptors (Lipinski definition) is 5. The van der Waals surface area contributed by atoms with Crippen molar-refractivity contribution in [2.75, 3.05) is 20.2 Å². The zero-order valence-corrected chi connectivity index (χ0v) is 21.2. The highest BCUT2D eigenvalue weighted by atomic mass is 35.5. The van der Waals surface area contributed by atoms with Crippen LogP contribution >= 0.6 is 11.6 Å². The SMILES string of the molecule is COc1ccc(CNC(=O)C2CCN(C(=O)C(C(=O)c3ccccc3)n3cc(Cl)ccc3=O)CC2)cc1. The van der Waals surface area contributed by atoms with Crippen molar-refractivity contribution in [3.63, 3.8) is 0 Å². The van der Waals surface area contributed by atoms with Crippen LogP contribution in [0.1, 0.15) is 34.8 Å². The second-order valence-electron chi connectivity index (χ2n) is 8.89. The molecule has 2 aromatic carbocycles. The number of piperidine rings is 1. The normalized spacial score (nSPS) is 14.6. The van der Waals surface area contributed by atoms with Gasteiger partial charge in [-0.2, -0.15) is 0 Å². The number of hydrogen-bond donors (Lipinski definition) is 1. The minimum Gasteiger partial charge on any atom is -0.497 e. The Morgan fingerprint density at radius 1 is 1.00 bits per heavy atom. The zero-order valence-electron chi connectivity index (χ0n) is 20.4. The van der Waals surface area contributed by atoms with Gasteiger partial charge in [0.05, 0.1) is 12.1 Å². The third-order valence-electron chi connectivity index (χ3n) is 6.52. The molecule has 1 saturated heterocycles. The summed E-state index contributed by atoms with van der Waals surface area (Å²) >= 11 is 6.10. The predicted octanol–water partition coefficient (Wildman–Crippen LogP) is 3.49. The third-order valence-corrected chi connectivity index (χ3v) is 6.75. The van der Waals surface area contributed by atoms with Gasteiger partial charge < -0.3 is 15.0 Å². The van der Waals surface area contributed by atoms with E-state index in [2.05, 4.69) is 5.32 Å². The maximum Gasteiger partial charge on any atom is 0.253 e. The number of ether oxygens (including phenoxy) is 1. The molecular formula is C28H28ClN3O5. The lowest BCUT2D eigenvalue weighted by Crippen LogP contribution is -2.48. The van der Waals surface area contributed by atoms with E-state index in [4.69, 9.17) is 16.3 Å². The Bertz CT molecular complexity index is 1320. The van der Waals surface area contributed by atoms with Crippen LogP contribution in [0.4, 0.5) is 0 Å². The lowest BCUT2D eigenvalue weighted by atomic mass is 9.94. The fourth-order valence-electron chi connectivity index (χ4n) is 4.41. The summed E-state index contributed by atoms with van der Waals surface area (Å²) in [4.78, 5) is 53.9. The number of nitrogens with one attached hydrogen (secondary N) is 1. The van der Waals surface area contributed by atoms with E-state index in [1.54, 1.807) is 42.3 Å². The van der Waals surface area contributed by atoms with Crippen LogP contribution in [0.15, 0.2) is 77.7 Å². The summed E-state index contributed by atoms with van der Waals surface area (Å²) in [5.74, 6) is -0.564. The fourth-order valence-corrected chi connectivity index (χ4v) is 4.58. The van der Waals surface area contributed by atoms with Gasteiger partial charge in [-0.1, -0.05) is 54.1 Å². The van der Waals surface area contributed by atoms with E-state index >= 15 is 0 Å². The van der Waals surface area contributed by atoms with Gasteiger partial charge in [-0.15, -0.1) is 0 Å². The Labute approximate surface area is 219 Å². The number of halogens is 1. The molecule has 2 amide bonds. The lowest BCUT2D eigenvalue weighted by Gasteiger charge is -2.33. The molecule has 1 aliphatic heterocycles. The van der Waals surface area contributed by atoms with Gasteiger partial charge in [-0.05, 0) is 36.6 Å². The van der Waals surface area contributed by atoms with Crippen LogP contribution in [-0.4, -0.2) is 47.3 Å². The van der Waals surface area contributed by atoms with Crippen LogP contribution in [0.3, 0.4) is 0 Å². The van der Waals surface area contributed by atoms with Crippen LogP contribution in [-0.2, 0) is 16.1 Å². The monoisotopic (exact) mass is 521 g/mol. The Morgan fingerprint density at radius 2 is 1.68 bits per heavy atom. The number of amides is 2. The average Bonchev–Trinajstić information content (AvgIpc) is 2.94. The first-order valence-electron chi connectivity index (χ1n) is 12.0. The summed E-state index contributed by atoms with van der Waals surface area (Å²) in [5.41, 5.74) is 0.774. The van der Waals surface area contributed by atoms with Gasteiger partial charge in [0.2, 0.25) is 5.91 Å². The molecule has 1 fully saturated rings. The topological polar surface area (TPSA) is 97.7 Å². The molecule has 1 atom stereocenters. The van der Waals surface area contributed by atoms with Gasteiger partial charge in [-0.3, -0.25) is 23.7 Å². The summed E-state index contributed by atoms with van der Waals surface area (Å²) in [6.45, 7) is 0.994. The first-order valence-corrected chi connectivity index (χ1v) is 12.4. The van der Waals surface area contributed by atoms with Gasteiger partial charge in [-0.25, -0.2) is 0 Å². The molecule has 4 rings (SSSR count). The maximum absolute atomic E-state index is 13.6. The lowest BCUT2D eigenvalue weighted by molar-refractivity contribution is -0.137. The molecule has 0 aliphatic carbocycles. The smallest absolute Gasteiger partial charge is 0.253 e. The van der Waals surface area contributed by atoms with E-state index in [0.717, 1.165) is 15.9 Å². The van der Waals surface area contributed by atoms with E-state index in [1.165, 1.54) is 18.3 Å². The third kappa shape index (κ3) is 6.27. The van der Waals surface area contributed by atoms with Crippen LogP contribution in [0, 0.1) is 5.92 Å². The Balaban J connectivity index is 1.43. The van der Waals surface area contributed by atoms with Crippen LogP contribution in [0.2, 0.25) is 5.02 Å². The van der Waals surface area contributed by atoms with Gasteiger partial charge in [0.15, 0.2) is 11.8 Å². The molecule has 0 spiro atoms. The van der Waals surface area contributed by atoms with Crippen molar-refractivity contribution in [1.82, 2.24) is 14.8 Å². The number of methoxy groups -OCH3 is 1. The molecule has 8 nitrogen and oxygen atoms in total. The predicted molar refractivity (Wildman–Crippen MR) is 140 cm³/mol. The molecule has 3 aromatic rings. The van der Waals surface area contributed by atoms with E-state index in [9.17, 15) is 19.2 Å². The quantitative estimate of drug-likeness (QED) is 0.361. The molecular weight excluding hydrogens is 494 g/mol. The molecule has 1 aromatic heterocycles. The molecule has 37 heavy (non-hydrogen) atoms. The molecule has 2 heterocycles. The number of carbonyl (C=O) groups excluding carboxylic acids is 3. The maximum atomic E-state index is 13.6. The number of nitrogens with zero attached hydrogens (tertiary/aromatic N) is 2. The standard InChI is InChI=1S/C28H28ClN3O5/c1-37-23-10-7-19(8-11-23)17-30-27(35)21-13-15-31(16-14-21)28(36)25(26(34)20-5-3-2-4-6-20)32-18-22(29)9-12-24(32)33/h2-12,18,21,25H,13-17H2,1H3,(H,30,35). The number of carbonyl (C=O) groups is 3. The van der Waals surface area contributed by atoms with Crippen molar-refractivity contribution in [1.29, 1.82) is 0 Å². The highest BCUT2D eigenvalue weighted by molar-refractivity contribution is 6.30. The van der Waals surface area contributed by atoms with Crippen LogP contribution in [0.25, 0.3) is 0 Å². The Kier molecular flexibility index (Phi) is 8.40. The molecule has 0 saturated carbocycles. The number of Topliss-reactive ketones (excluding diaryl/α,β-unsaturated/α-hetero) is 1. The number of ketones is 1. The minimum absolute atomic E-state index is 0.0779. The van der Waals surface area contributed by atoms with E-state index in [1.807, 2.05) is 24.3 Å². The Morgan fingerprint density at radius 3 is 2.32 bits per heavy atom. The van der Waals surface area contributed by atoms with Crippen molar-refractivity contribution in [3.8, 4) is 5.75 Å². The number of benzene rings is 2. The van der Waals surface area contributed by atoms with Gasteiger partial charge in [0.1, 0.15) is 5.75 Å². The number of likely N-dealkylation sites (tertiary alicyclic amines) is 1. The highest BCUT2D eigenvalue weighted by Gasteiger charge is 2.36. The second-order valence-corrected chi connectivity index (χ2v) is 9.33. The van der Waals surface area contributed by atoms with Gasteiger partial charge in [0, 0.05) is 43.4 Å². The number of rotatable bonds is 8. The minimum atomic E-state index is -1.38. The molecule has 0 radical (unpaired) electrons. The first-order chi connectivity index (χ1) is 17.9. The molecule has 192 valence electrons. The summed E-state index contributed by atoms with van der Waals surface area (Å²) in [5, 5.41) is 3.20. The van der Waals surface area contributed by atoms with Crippen molar-refractivity contribution >= 4 is 29.2 Å². The Hall–Kier alpha value is -3.91. The summed E-state index contributed by atoms with van der Waals surface area (Å²) in [7, 11) is 1.60. The van der Waals surface area contributed by atoms with Crippen molar-refractivity contribution in [2.24, 2.45) is 5.92 Å². The highest BCUT2D eigenvalue weighted by Crippen LogP contribution is 2.23. The zero-order chi connectivity index (χ0) is 26.4. The van der Waals surface area contributed by atoms with Gasteiger partial charge >= 0.3 is 0 Å². The number of aromatic nitrogens is 1. The molecule has 9 heteroatoms. The van der Waals surface area contributed by atoms with Gasteiger partial charge in [0.25, 0.3) is 11.5 Å². The van der Waals surface area contributed by atoms with Crippen molar-refractivity contribution < 1.29 is 19.1 Å². The number of pyridine rings is 1. The van der Waals surface area contributed by atoms with E-state index in [-0.39, 0.29) is 16.8 Å². The molecule has 1 aliphatic rings. The summed E-state index contributed by atoms with van der Waals surface area (Å²) in [6.07, 6.45) is 2.22. The molecule has 1 N–H and O–H groups in total. The largest absolute Gasteiger partial charge is 0.497 e. The van der Waals surface area contributed by atoms with E-state index < -0.39 is 23.3 Å². The van der Waals surface area contributed by atoms with Crippen molar-refractivity contribution in [2.45, 2.75) is 25.4 Å². The average molecular weight is 522 g/mol. The summed E-state index contributed by atoms with van der Waals surface area (Å²) < 4.78 is 6.24. The second kappa shape index (κ2) is 11.9. The molecule has 0 bridgehead atoms. The van der Waals surface area contributed by atoms with E-state index in [0.29, 0.717) is 38.0 Å². The molecule has 1 unspecified atom stereocenters.